The average molecular weight is 202 g/mol. The van der Waals surface area contributed by atoms with Crippen molar-refractivity contribution >= 4 is 17.3 Å². The molecule has 1 rings (SSSR count). The maximum Gasteiger partial charge on any atom is 0.291 e. The van der Waals surface area contributed by atoms with E-state index >= 15 is 0 Å². The summed E-state index contributed by atoms with van der Waals surface area (Å²) in [5.74, 6) is 0. The maximum absolute atomic E-state index is 11.6. The molecule has 0 aliphatic heterocycles. The Balaban J connectivity index is 3.22. The van der Waals surface area contributed by atoms with Gasteiger partial charge in [0.1, 0.15) is 5.69 Å². The number of hydrogen-bond donors (Lipinski definition) is 1. The van der Waals surface area contributed by atoms with Crippen LogP contribution in [0.3, 0.4) is 0 Å². The van der Waals surface area contributed by atoms with E-state index in [9.17, 15) is 4.79 Å². The van der Waals surface area contributed by atoms with Gasteiger partial charge in [0.15, 0.2) is 0 Å². The van der Waals surface area contributed by atoms with Crippen molar-refractivity contribution < 1.29 is 0 Å². The van der Waals surface area contributed by atoms with Crippen molar-refractivity contribution in [1.82, 2.24) is 9.78 Å². The summed E-state index contributed by atoms with van der Waals surface area (Å²) in [4.78, 5) is 11.6. The van der Waals surface area contributed by atoms with Crippen LogP contribution in [0, 0.1) is 0 Å². The molecule has 72 valence electrons. The van der Waals surface area contributed by atoms with Crippen molar-refractivity contribution in [2.75, 3.05) is 11.9 Å². The monoisotopic (exact) mass is 201 g/mol. The Kier molecular flexibility index (Phi) is 3.31. The third kappa shape index (κ3) is 2.01. The molecule has 0 saturated carbocycles. The highest BCUT2D eigenvalue weighted by molar-refractivity contribution is 6.32. The lowest BCUT2D eigenvalue weighted by Gasteiger charge is -2.06. The molecule has 0 saturated heterocycles. The molecule has 1 N–H and O–H groups in total. The van der Waals surface area contributed by atoms with Crippen LogP contribution in [0.2, 0.25) is 5.02 Å². The largest absolute Gasteiger partial charge is 0.380 e. The van der Waals surface area contributed by atoms with E-state index in [4.69, 9.17) is 11.6 Å². The number of rotatable bonds is 3. The zero-order chi connectivity index (χ0) is 9.84. The van der Waals surface area contributed by atoms with Gasteiger partial charge in [0.05, 0.1) is 11.2 Å². The van der Waals surface area contributed by atoms with Crippen LogP contribution in [0.15, 0.2) is 11.0 Å². The minimum absolute atomic E-state index is 0.170. The van der Waals surface area contributed by atoms with Gasteiger partial charge in [-0.25, -0.2) is 4.68 Å². The molecule has 0 amide bonds. The first-order valence-electron chi connectivity index (χ1n) is 4.20. The first-order chi connectivity index (χ1) is 6.20. The standard InChI is InChI=1S/C8H12ClN3O/c1-3-10-7-6(9)5-11-12(4-2)8(7)13/h5,10H,3-4H2,1-2H3. The van der Waals surface area contributed by atoms with Gasteiger partial charge in [0, 0.05) is 13.1 Å². The number of hydrogen-bond acceptors (Lipinski definition) is 3. The molecule has 0 aliphatic rings. The third-order valence-corrected chi connectivity index (χ3v) is 1.94. The molecule has 5 heteroatoms. The Labute approximate surface area is 81.5 Å². The topological polar surface area (TPSA) is 46.9 Å². The van der Waals surface area contributed by atoms with Crippen LogP contribution in [0.5, 0.6) is 0 Å². The number of nitrogens with one attached hydrogen (secondary N) is 1. The SMILES string of the molecule is CCNc1c(Cl)cnn(CC)c1=O. The second-order valence-corrected chi connectivity index (χ2v) is 2.93. The van der Waals surface area contributed by atoms with Crippen LogP contribution in [-0.4, -0.2) is 16.3 Å². The van der Waals surface area contributed by atoms with Crippen molar-refractivity contribution in [3.63, 3.8) is 0 Å². The highest BCUT2D eigenvalue weighted by atomic mass is 35.5. The van der Waals surface area contributed by atoms with Crippen LogP contribution in [0.1, 0.15) is 13.8 Å². The van der Waals surface area contributed by atoms with Gasteiger partial charge in [-0.05, 0) is 13.8 Å². The molecule has 0 unspecified atom stereocenters. The van der Waals surface area contributed by atoms with Crippen molar-refractivity contribution in [1.29, 1.82) is 0 Å². The van der Waals surface area contributed by atoms with Gasteiger partial charge in [-0.1, -0.05) is 11.6 Å². The molecule has 0 aromatic carbocycles. The lowest BCUT2D eigenvalue weighted by Crippen LogP contribution is -2.25. The molecule has 1 heterocycles. The lowest BCUT2D eigenvalue weighted by atomic mass is 10.4. The number of nitrogens with zero attached hydrogens (tertiary/aromatic N) is 2. The van der Waals surface area contributed by atoms with Crippen molar-refractivity contribution in [2.24, 2.45) is 0 Å². The second-order valence-electron chi connectivity index (χ2n) is 2.52. The van der Waals surface area contributed by atoms with E-state index in [1.54, 1.807) is 0 Å². The molecule has 1 aromatic heterocycles. The van der Waals surface area contributed by atoms with Gasteiger partial charge < -0.3 is 5.32 Å². The summed E-state index contributed by atoms with van der Waals surface area (Å²) in [5.41, 5.74) is 0.262. The molecule has 13 heavy (non-hydrogen) atoms. The molecule has 0 aliphatic carbocycles. The van der Waals surface area contributed by atoms with Crippen molar-refractivity contribution in [2.45, 2.75) is 20.4 Å². The summed E-state index contributed by atoms with van der Waals surface area (Å²) in [7, 11) is 0. The number of aryl methyl sites for hydroxylation is 1. The van der Waals surface area contributed by atoms with E-state index in [0.29, 0.717) is 23.8 Å². The molecule has 0 radical (unpaired) electrons. The first kappa shape index (κ1) is 10.1. The fraction of sp³-hybridized carbons (Fsp3) is 0.500. The van der Waals surface area contributed by atoms with E-state index in [0.717, 1.165) is 0 Å². The molecule has 1 aromatic rings. The summed E-state index contributed by atoms with van der Waals surface area (Å²) in [6, 6.07) is 0. The summed E-state index contributed by atoms with van der Waals surface area (Å²) in [5, 5.41) is 7.16. The third-order valence-electron chi connectivity index (χ3n) is 1.65. The minimum Gasteiger partial charge on any atom is -0.380 e. The van der Waals surface area contributed by atoms with Crippen LogP contribution in [-0.2, 0) is 6.54 Å². The molecular weight excluding hydrogens is 190 g/mol. The van der Waals surface area contributed by atoms with E-state index in [2.05, 4.69) is 10.4 Å². The zero-order valence-electron chi connectivity index (χ0n) is 7.67. The Morgan fingerprint density at radius 2 is 2.31 bits per heavy atom. The van der Waals surface area contributed by atoms with Crippen molar-refractivity contribution in [3.8, 4) is 0 Å². The molecule has 0 atom stereocenters. The summed E-state index contributed by atoms with van der Waals surface area (Å²) in [6.07, 6.45) is 1.48. The number of anilines is 1. The van der Waals surface area contributed by atoms with Gasteiger partial charge in [-0.15, -0.1) is 0 Å². The Morgan fingerprint density at radius 1 is 1.62 bits per heavy atom. The Morgan fingerprint density at radius 3 is 2.85 bits per heavy atom. The van der Waals surface area contributed by atoms with Gasteiger partial charge in [-0.2, -0.15) is 5.10 Å². The van der Waals surface area contributed by atoms with E-state index in [1.807, 2.05) is 13.8 Å². The molecule has 0 fully saturated rings. The molecule has 0 spiro atoms. The van der Waals surface area contributed by atoms with Crippen LogP contribution < -0.4 is 10.9 Å². The minimum atomic E-state index is -0.170. The quantitative estimate of drug-likeness (QED) is 0.803. The van der Waals surface area contributed by atoms with Gasteiger partial charge in [0.2, 0.25) is 0 Å². The Hall–Kier alpha value is -1.03. The van der Waals surface area contributed by atoms with E-state index < -0.39 is 0 Å². The number of aromatic nitrogens is 2. The zero-order valence-corrected chi connectivity index (χ0v) is 8.43. The van der Waals surface area contributed by atoms with Gasteiger partial charge in [0.25, 0.3) is 5.56 Å². The fourth-order valence-electron chi connectivity index (χ4n) is 1.03. The predicted octanol–water partition coefficient (Wildman–Crippen LogP) is 1.35. The fourth-order valence-corrected chi connectivity index (χ4v) is 1.22. The van der Waals surface area contributed by atoms with Crippen LogP contribution in [0.25, 0.3) is 0 Å². The highest BCUT2D eigenvalue weighted by Crippen LogP contribution is 2.14. The summed E-state index contributed by atoms with van der Waals surface area (Å²) in [6.45, 7) is 4.99. The second kappa shape index (κ2) is 4.28. The van der Waals surface area contributed by atoms with Crippen LogP contribution >= 0.6 is 11.6 Å². The first-order valence-corrected chi connectivity index (χ1v) is 4.58. The van der Waals surface area contributed by atoms with Gasteiger partial charge in [-0.3, -0.25) is 4.79 Å². The highest BCUT2D eigenvalue weighted by Gasteiger charge is 2.06. The maximum atomic E-state index is 11.6. The normalized spacial score (nSPS) is 10.1. The van der Waals surface area contributed by atoms with Crippen molar-refractivity contribution in [3.05, 3.63) is 21.6 Å². The Bertz CT molecular complexity index is 348. The van der Waals surface area contributed by atoms with Crippen LogP contribution in [0.4, 0.5) is 5.69 Å². The average Bonchev–Trinajstić information content (AvgIpc) is 2.12. The number of halogens is 1. The lowest BCUT2D eigenvalue weighted by molar-refractivity contribution is 0.617. The predicted molar refractivity (Wildman–Crippen MR) is 53.3 cm³/mol. The molecular formula is C8H12ClN3O. The summed E-state index contributed by atoms with van der Waals surface area (Å²) < 4.78 is 1.36. The van der Waals surface area contributed by atoms with E-state index in [-0.39, 0.29) is 5.56 Å². The van der Waals surface area contributed by atoms with E-state index in [1.165, 1.54) is 10.9 Å². The smallest absolute Gasteiger partial charge is 0.291 e. The molecule has 4 nitrogen and oxygen atoms in total. The molecule has 0 bridgehead atoms. The summed E-state index contributed by atoms with van der Waals surface area (Å²) >= 11 is 5.80. The van der Waals surface area contributed by atoms with Gasteiger partial charge >= 0.3 is 0 Å².